The normalized spacial score (nSPS) is 16.3. The van der Waals surface area contributed by atoms with E-state index in [2.05, 4.69) is 12.2 Å². The predicted octanol–water partition coefficient (Wildman–Crippen LogP) is 1.64. The molecule has 2 heterocycles. The second-order valence-electron chi connectivity index (χ2n) is 6.32. The molecule has 3 rings (SSSR count). The maximum absolute atomic E-state index is 12.5. The van der Waals surface area contributed by atoms with E-state index in [1.54, 1.807) is 11.6 Å². The number of hydrogen-bond donors (Lipinski definition) is 1. The van der Waals surface area contributed by atoms with Crippen molar-refractivity contribution in [2.24, 2.45) is 7.05 Å². The Bertz CT molecular complexity index is 781. The van der Waals surface area contributed by atoms with Crippen LogP contribution in [-0.4, -0.2) is 34.5 Å². The molecule has 0 saturated carbocycles. The Kier molecular flexibility index (Phi) is 4.48. The fraction of sp³-hybridized carbons (Fsp3) is 0.444. The number of pyridine rings is 1. The van der Waals surface area contributed by atoms with Gasteiger partial charge in [0.1, 0.15) is 0 Å². The Morgan fingerprint density at radius 2 is 2.04 bits per heavy atom. The minimum absolute atomic E-state index is 0.0284. The number of nitrogens with zero attached hydrogens (tertiary/aromatic N) is 2. The summed E-state index contributed by atoms with van der Waals surface area (Å²) in [6.07, 6.45) is 1.62. The van der Waals surface area contributed by atoms with Crippen LogP contribution in [0.3, 0.4) is 0 Å². The van der Waals surface area contributed by atoms with Crippen LogP contribution in [0.2, 0.25) is 0 Å². The Balaban J connectivity index is 1.70. The van der Waals surface area contributed by atoms with Gasteiger partial charge in [0, 0.05) is 44.7 Å². The van der Waals surface area contributed by atoms with Crippen molar-refractivity contribution in [3.63, 3.8) is 0 Å². The highest BCUT2D eigenvalue weighted by Crippen LogP contribution is 2.13. The van der Waals surface area contributed by atoms with Gasteiger partial charge in [-0.05, 0) is 30.9 Å². The predicted molar refractivity (Wildman–Crippen MR) is 91.3 cm³/mol. The summed E-state index contributed by atoms with van der Waals surface area (Å²) in [5, 5.41) is 4.44. The highest BCUT2D eigenvalue weighted by molar-refractivity contribution is 5.79. The first-order valence-electron chi connectivity index (χ1n) is 8.15. The first-order valence-corrected chi connectivity index (χ1v) is 8.15. The van der Waals surface area contributed by atoms with Crippen LogP contribution in [-0.2, 0) is 18.4 Å². The average Bonchev–Trinajstić information content (AvgIpc) is 2.94. The molecule has 5 nitrogen and oxygen atoms in total. The Labute approximate surface area is 135 Å². The number of aromatic nitrogens is 1. The van der Waals surface area contributed by atoms with E-state index in [1.165, 1.54) is 0 Å². The molecule has 122 valence electrons. The lowest BCUT2D eigenvalue weighted by atomic mass is 10.1. The molecule has 1 atom stereocenters. The van der Waals surface area contributed by atoms with Crippen LogP contribution in [0, 0.1) is 0 Å². The zero-order valence-electron chi connectivity index (χ0n) is 13.7. The molecule has 2 aromatic rings. The van der Waals surface area contributed by atoms with Crippen molar-refractivity contribution >= 4 is 16.8 Å². The fourth-order valence-corrected chi connectivity index (χ4v) is 3.19. The third-order valence-electron chi connectivity index (χ3n) is 4.51. The number of aryl methyl sites for hydroxylation is 1. The number of rotatable bonds is 5. The molecular weight excluding hydrogens is 290 g/mol. The van der Waals surface area contributed by atoms with E-state index < -0.39 is 0 Å². The lowest BCUT2D eigenvalue weighted by molar-refractivity contribution is -0.127. The van der Waals surface area contributed by atoms with Gasteiger partial charge in [-0.1, -0.05) is 18.2 Å². The molecule has 1 unspecified atom stereocenters. The van der Waals surface area contributed by atoms with Gasteiger partial charge in [0.2, 0.25) is 5.91 Å². The molecule has 0 bridgehead atoms. The van der Waals surface area contributed by atoms with Crippen LogP contribution in [0.25, 0.3) is 10.9 Å². The Morgan fingerprint density at radius 3 is 2.78 bits per heavy atom. The summed E-state index contributed by atoms with van der Waals surface area (Å²) in [5.41, 5.74) is 1.73. The highest BCUT2D eigenvalue weighted by atomic mass is 16.2. The molecule has 1 saturated heterocycles. The van der Waals surface area contributed by atoms with Crippen LogP contribution in [0.15, 0.2) is 35.1 Å². The van der Waals surface area contributed by atoms with Crippen molar-refractivity contribution < 1.29 is 4.79 Å². The molecule has 5 heteroatoms. The van der Waals surface area contributed by atoms with Crippen molar-refractivity contribution in [3.8, 4) is 0 Å². The van der Waals surface area contributed by atoms with E-state index in [4.69, 9.17) is 0 Å². The van der Waals surface area contributed by atoms with Crippen molar-refractivity contribution in [1.29, 1.82) is 0 Å². The molecule has 1 amide bonds. The highest BCUT2D eigenvalue weighted by Gasteiger charge is 2.21. The minimum Gasteiger partial charge on any atom is -0.341 e. The van der Waals surface area contributed by atoms with Crippen molar-refractivity contribution in [3.05, 3.63) is 46.2 Å². The standard InChI is InChI=1S/C18H23N3O2/c1-13(12-21-9-5-8-17(21)22)19-11-15-10-14-6-3-4-7-16(14)20(2)18(15)23/h3-4,6-7,10,13,19H,5,8-9,11-12H2,1-2H3. The molecule has 1 N–H and O–H groups in total. The van der Waals surface area contributed by atoms with Gasteiger partial charge in [0.25, 0.3) is 5.56 Å². The fourth-order valence-electron chi connectivity index (χ4n) is 3.19. The number of para-hydroxylation sites is 1. The second kappa shape index (κ2) is 6.54. The molecule has 23 heavy (non-hydrogen) atoms. The quantitative estimate of drug-likeness (QED) is 0.913. The molecule has 1 fully saturated rings. The number of nitrogens with one attached hydrogen (secondary N) is 1. The Morgan fingerprint density at radius 1 is 1.26 bits per heavy atom. The van der Waals surface area contributed by atoms with Gasteiger partial charge in [-0.25, -0.2) is 0 Å². The topological polar surface area (TPSA) is 54.3 Å². The third-order valence-corrected chi connectivity index (χ3v) is 4.51. The van der Waals surface area contributed by atoms with Crippen LogP contribution < -0.4 is 10.9 Å². The monoisotopic (exact) mass is 313 g/mol. The number of amides is 1. The van der Waals surface area contributed by atoms with E-state index in [1.807, 2.05) is 35.2 Å². The maximum Gasteiger partial charge on any atom is 0.255 e. The summed E-state index contributed by atoms with van der Waals surface area (Å²) in [5.74, 6) is 0.236. The van der Waals surface area contributed by atoms with E-state index in [-0.39, 0.29) is 17.5 Å². The van der Waals surface area contributed by atoms with E-state index in [0.29, 0.717) is 19.5 Å². The molecule has 1 aromatic carbocycles. The summed E-state index contributed by atoms with van der Waals surface area (Å²) in [7, 11) is 1.81. The van der Waals surface area contributed by atoms with E-state index in [9.17, 15) is 9.59 Å². The maximum atomic E-state index is 12.5. The first-order chi connectivity index (χ1) is 11.1. The molecular formula is C18H23N3O2. The molecule has 0 radical (unpaired) electrons. The molecule has 1 aromatic heterocycles. The van der Waals surface area contributed by atoms with Gasteiger partial charge in [0.15, 0.2) is 0 Å². The lowest BCUT2D eigenvalue weighted by Crippen LogP contribution is -2.40. The third kappa shape index (κ3) is 3.29. The molecule has 1 aliphatic rings. The van der Waals surface area contributed by atoms with E-state index in [0.717, 1.165) is 29.4 Å². The van der Waals surface area contributed by atoms with E-state index >= 15 is 0 Å². The number of benzene rings is 1. The number of likely N-dealkylation sites (tertiary alicyclic amines) is 1. The zero-order valence-corrected chi connectivity index (χ0v) is 13.7. The lowest BCUT2D eigenvalue weighted by Gasteiger charge is -2.21. The van der Waals surface area contributed by atoms with Crippen LogP contribution >= 0.6 is 0 Å². The van der Waals surface area contributed by atoms with Crippen LogP contribution in [0.4, 0.5) is 0 Å². The number of fused-ring (bicyclic) bond motifs is 1. The van der Waals surface area contributed by atoms with Crippen molar-refractivity contribution in [2.45, 2.75) is 32.4 Å². The molecule has 0 aliphatic carbocycles. The van der Waals surface area contributed by atoms with Gasteiger partial charge < -0.3 is 14.8 Å². The van der Waals surface area contributed by atoms with Gasteiger partial charge in [0.05, 0.1) is 5.52 Å². The summed E-state index contributed by atoms with van der Waals surface area (Å²) < 4.78 is 1.70. The average molecular weight is 313 g/mol. The summed E-state index contributed by atoms with van der Waals surface area (Å²) in [6, 6.07) is 10.0. The summed E-state index contributed by atoms with van der Waals surface area (Å²) in [4.78, 5) is 26.0. The van der Waals surface area contributed by atoms with Gasteiger partial charge in [-0.15, -0.1) is 0 Å². The smallest absolute Gasteiger partial charge is 0.255 e. The van der Waals surface area contributed by atoms with Gasteiger partial charge in [-0.2, -0.15) is 0 Å². The van der Waals surface area contributed by atoms with Crippen LogP contribution in [0.5, 0.6) is 0 Å². The van der Waals surface area contributed by atoms with Crippen LogP contribution in [0.1, 0.15) is 25.3 Å². The first kappa shape index (κ1) is 15.7. The van der Waals surface area contributed by atoms with Gasteiger partial charge in [-0.3, -0.25) is 9.59 Å². The molecule has 0 spiro atoms. The van der Waals surface area contributed by atoms with Gasteiger partial charge >= 0.3 is 0 Å². The Hall–Kier alpha value is -2.14. The SMILES string of the molecule is CC(CN1CCCC1=O)NCc1cc2ccccc2n(C)c1=O. The molecule has 1 aliphatic heterocycles. The zero-order chi connectivity index (χ0) is 16.4. The summed E-state index contributed by atoms with van der Waals surface area (Å²) >= 11 is 0. The van der Waals surface area contributed by atoms with Crippen molar-refractivity contribution in [2.75, 3.05) is 13.1 Å². The minimum atomic E-state index is 0.0284. The van der Waals surface area contributed by atoms with Crippen molar-refractivity contribution in [1.82, 2.24) is 14.8 Å². The number of carbonyl (C=O) groups excluding carboxylic acids is 1. The summed E-state index contributed by atoms with van der Waals surface area (Å²) in [6.45, 7) is 4.12. The number of hydrogen-bond acceptors (Lipinski definition) is 3. The second-order valence-corrected chi connectivity index (χ2v) is 6.32. The largest absolute Gasteiger partial charge is 0.341 e. The number of carbonyl (C=O) groups is 1.